The minimum Gasteiger partial charge on any atom is -0.357 e. The monoisotopic (exact) mass is 241 g/mol. The Morgan fingerprint density at radius 3 is 2.92 bits per heavy atom. The van der Waals surface area contributed by atoms with Crippen molar-refractivity contribution in [2.24, 2.45) is 0 Å². The van der Waals surface area contributed by atoms with Crippen LogP contribution in [0.25, 0.3) is 5.65 Å². The van der Waals surface area contributed by atoms with Crippen molar-refractivity contribution in [1.82, 2.24) is 19.6 Å². The molecule has 0 unspecified atom stereocenters. The molecule has 6 heteroatoms. The molecule has 0 radical (unpaired) electrons. The molecule has 0 amide bonds. The molecular formula is C7H8BrN5. The largest absolute Gasteiger partial charge is 0.357 e. The van der Waals surface area contributed by atoms with Gasteiger partial charge in [-0.2, -0.15) is 14.6 Å². The van der Waals surface area contributed by atoms with Crippen molar-refractivity contribution in [2.75, 3.05) is 12.4 Å². The summed E-state index contributed by atoms with van der Waals surface area (Å²) in [5, 5.41) is 7.07. The highest BCUT2D eigenvalue weighted by Gasteiger charge is 2.07. The van der Waals surface area contributed by atoms with Gasteiger partial charge in [-0.1, -0.05) is 0 Å². The molecule has 0 aromatic carbocycles. The van der Waals surface area contributed by atoms with Crippen LogP contribution in [-0.4, -0.2) is 26.6 Å². The molecule has 0 saturated heterocycles. The zero-order chi connectivity index (χ0) is 9.42. The smallest absolute Gasteiger partial charge is 0.227 e. The SMILES string of the molecule is CNc1nc(C)nc2c(Br)cnn12. The van der Waals surface area contributed by atoms with Gasteiger partial charge in [-0.25, -0.2) is 4.98 Å². The third-order valence-corrected chi connectivity index (χ3v) is 2.22. The average Bonchev–Trinajstić information content (AvgIpc) is 2.47. The summed E-state index contributed by atoms with van der Waals surface area (Å²) >= 11 is 3.36. The molecule has 2 rings (SSSR count). The lowest BCUT2D eigenvalue weighted by Crippen LogP contribution is -2.05. The summed E-state index contributed by atoms with van der Waals surface area (Å²) < 4.78 is 2.52. The first-order valence-corrected chi connectivity index (χ1v) is 4.57. The fraction of sp³-hybridized carbons (Fsp3) is 0.286. The van der Waals surface area contributed by atoms with Crippen LogP contribution in [0.5, 0.6) is 0 Å². The Morgan fingerprint density at radius 2 is 2.23 bits per heavy atom. The first kappa shape index (κ1) is 8.43. The lowest BCUT2D eigenvalue weighted by molar-refractivity contribution is 0.877. The van der Waals surface area contributed by atoms with Gasteiger partial charge in [0.15, 0.2) is 5.65 Å². The molecular weight excluding hydrogens is 234 g/mol. The van der Waals surface area contributed by atoms with Crippen LogP contribution >= 0.6 is 15.9 Å². The van der Waals surface area contributed by atoms with Gasteiger partial charge in [-0.15, -0.1) is 0 Å². The third-order valence-electron chi connectivity index (χ3n) is 1.66. The highest BCUT2D eigenvalue weighted by atomic mass is 79.9. The number of nitrogens with zero attached hydrogens (tertiary/aromatic N) is 4. The molecule has 2 aromatic heterocycles. The molecule has 68 valence electrons. The predicted molar refractivity (Wildman–Crippen MR) is 52.8 cm³/mol. The number of nitrogens with one attached hydrogen (secondary N) is 1. The van der Waals surface area contributed by atoms with Crippen molar-refractivity contribution in [2.45, 2.75) is 6.92 Å². The van der Waals surface area contributed by atoms with E-state index in [9.17, 15) is 0 Å². The van der Waals surface area contributed by atoms with Crippen LogP contribution in [-0.2, 0) is 0 Å². The summed E-state index contributed by atoms with van der Waals surface area (Å²) in [6.07, 6.45) is 1.70. The van der Waals surface area contributed by atoms with Gasteiger partial charge >= 0.3 is 0 Å². The standard InChI is InChI=1S/C7H8BrN5/c1-4-11-6-5(8)3-10-13(6)7(9-2)12-4/h3H,1-2H3,(H,9,11,12). The van der Waals surface area contributed by atoms with Crippen molar-refractivity contribution in [1.29, 1.82) is 0 Å². The maximum atomic E-state index is 4.25. The van der Waals surface area contributed by atoms with E-state index in [1.807, 2.05) is 6.92 Å². The highest BCUT2D eigenvalue weighted by molar-refractivity contribution is 9.10. The second-order valence-corrected chi connectivity index (χ2v) is 3.43. The number of fused-ring (bicyclic) bond motifs is 1. The Morgan fingerprint density at radius 1 is 1.46 bits per heavy atom. The molecule has 0 aliphatic heterocycles. The molecule has 0 saturated carbocycles. The number of anilines is 1. The summed E-state index contributed by atoms with van der Waals surface area (Å²) in [5.74, 6) is 1.41. The molecule has 1 N–H and O–H groups in total. The Bertz CT molecular complexity index is 449. The minimum absolute atomic E-state index is 0.688. The second kappa shape index (κ2) is 2.95. The molecule has 2 heterocycles. The van der Waals surface area contributed by atoms with Gasteiger partial charge < -0.3 is 5.32 Å². The normalized spacial score (nSPS) is 10.7. The van der Waals surface area contributed by atoms with Gasteiger partial charge in [0.2, 0.25) is 5.95 Å². The summed E-state index contributed by atoms with van der Waals surface area (Å²) in [4.78, 5) is 8.44. The van der Waals surface area contributed by atoms with E-state index in [2.05, 4.69) is 36.3 Å². The second-order valence-electron chi connectivity index (χ2n) is 2.57. The van der Waals surface area contributed by atoms with Crippen molar-refractivity contribution < 1.29 is 0 Å². The fourth-order valence-corrected chi connectivity index (χ4v) is 1.47. The average molecular weight is 242 g/mol. The van der Waals surface area contributed by atoms with E-state index in [-0.39, 0.29) is 0 Å². The van der Waals surface area contributed by atoms with Crippen molar-refractivity contribution in [3.63, 3.8) is 0 Å². The van der Waals surface area contributed by atoms with Crippen LogP contribution in [0.3, 0.4) is 0 Å². The van der Waals surface area contributed by atoms with E-state index >= 15 is 0 Å². The first-order valence-electron chi connectivity index (χ1n) is 3.78. The lowest BCUT2D eigenvalue weighted by atomic mass is 10.6. The van der Waals surface area contributed by atoms with Gasteiger partial charge in [0, 0.05) is 7.05 Å². The van der Waals surface area contributed by atoms with Crippen molar-refractivity contribution in [3.05, 3.63) is 16.5 Å². The number of aromatic nitrogens is 4. The number of rotatable bonds is 1. The van der Waals surface area contributed by atoms with E-state index in [1.165, 1.54) is 0 Å². The van der Waals surface area contributed by atoms with Crippen LogP contribution in [0.2, 0.25) is 0 Å². The highest BCUT2D eigenvalue weighted by Crippen LogP contribution is 2.17. The number of hydrogen-bond donors (Lipinski definition) is 1. The van der Waals surface area contributed by atoms with Crippen LogP contribution < -0.4 is 5.32 Å². The van der Waals surface area contributed by atoms with E-state index in [4.69, 9.17) is 0 Å². The molecule has 13 heavy (non-hydrogen) atoms. The summed E-state index contributed by atoms with van der Waals surface area (Å²) in [6, 6.07) is 0. The van der Waals surface area contributed by atoms with E-state index in [0.717, 1.165) is 15.9 Å². The number of halogens is 1. The molecule has 0 aliphatic rings. The van der Waals surface area contributed by atoms with Crippen LogP contribution in [0.4, 0.5) is 5.95 Å². The summed E-state index contributed by atoms with van der Waals surface area (Å²) in [7, 11) is 1.80. The maximum absolute atomic E-state index is 4.25. The zero-order valence-electron chi connectivity index (χ0n) is 7.24. The molecule has 0 atom stereocenters. The van der Waals surface area contributed by atoms with Gasteiger partial charge in [-0.05, 0) is 22.9 Å². The maximum Gasteiger partial charge on any atom is 0.227 e. The van der Waals surface area contributed by atoms with Crippen molar-refractivity contribution in [3.8, 4) is 0 Å². The minimum atomic E-state index is 0.688. The Labute approximate surface area is 83.3 Å². The summed E-state index contributed by atoms with van der Waals surface area (Å²) in [6.45, 7) is 1.85. The van der Waals surface area contributed by atoms with Gasteiger partial charge in [0.25, 0.3) is 0 Å². The Balaban J connectivity index is 2.84. The fourth-order valence-electron chi connectivity index (χ4n) is 1.12. The molecule has 2 aromatic rings. The Kier molecular flexibility index (Phi) is 1.91. The molecule has 0 spiro atoms. The molecule has 0 bridgehead atoms. The quantitative estimate of drug-likeness (QED) is 0.817. The molecule has 0 aliphatic carbocycles. The van der Waals surface area contributed by atoms with E-state index < -0.39 is 0 Å². The topological polar surface area (TPSA) is 55.1 Å². The molecule has 0 fully saturated rings. The zero-order valence-corrected chi connectivity index (χ0v) is 8.83. The third kappa shape index (κ3) is 1.27. The lowest BCUT2D eigenvalue weighted by Gasteiger charge is -2.02. The van der Waals surface area contributed by atoms with Gasteiger partial charge in [0.05, 0.1) is 10.7 Å². The Hall–Kier alpha value is -1.17. The van der Waals surface area contributed by atoms with Crippen LogP contribution in [0.1, 0.15) is 5.82 Å². The van der Waals surface area contributed by atoms with Crippen LogP contribution in [0, 0.1) is 6.92 Å². The van der Waals surface area contributed by atoms with Gasteiger partial charge in [0.1, 0.15) is 5.82 Å². The number of aryl methyl sites for hydroxylation is 1. The van der Waals surface area contributed by atoms with Gasteiger partial charge in [-0.3, -0.25) is 0 Å². The van der Waals surface area contributed by atoms with Crippen molar-refractivity contribution >= 4 is 27.5 Å². The molecule has 5 nitrogen and oxygen atoms in total. The summed E-state index contributed by atoms with van der Waals surface area (Å²) in [5.41, 5.74) is 0.775. The van der Waals surface area contributed by atoms with Crippen LogP contribution in [0.15, 0.2) is 10.7 Å². The van der Waals surface area contributed by atoms with E-state index in [1.54, 1.807) is 17.8 Å². The first-order chi connectivity index (χ1) is 6.22. The van der Waals surface area contributed by atoms with E-state index in [0.29, 0.717) is 5.95 Å². The number of hydrogen-bond acceptors (Lipinski definition) is 4. The predicted octanol–water partition coefficient (Wildman–Crippen LogP) is 1.24.